The Bertz CT molecular complexity index is 570. The van der Waals surface area contributed by atoms with Crippen LogP contribution in [-0.4, -0.2) is 27.5 Å². The van der Waals surface area contributed by atoms with Gasteiger partial charge in [0.25, 0.3) is 5.91 Å². The molecule has 5 nitrogen and oxygen atoms in total. The standard InChI is InChI=1S/C14H15N3O2/c1-10-7-12(18)9-17-13(10)14(19)16-6-4-11-3-2-5-15-8-11/h2-3,5,7-9,18H,4,6H2,1H3,(H,16,19). The molecule has 0 saturated carbocycles. The van der Waals surface area contributed by atoms with Gasteiger partial charge in [0.2, 0.25) is 0 Å². The zero-order valence-electron chi connectivity index (χ0n) is 10.6. The number of nitrogens with one attached hydrogen (secondary N) is 1. The van der Waals surface area contributed by atoms with Gasteiger partial charge < -0.3 is 10.4 Å². The Labute approximate surface area is 111 Å². The first kappa shape index (κ1) is 13.0. The zero-order chi connectivity index (χ0) is 13.7. The minimum Gasteiger partial charge on any atom is -0.506 e. The summed E-state index contributed by atoms with van der Waals surface area (Å²) in [4.78, 5) is 19.8. The van der Waals surface area contributed by atoms with Crippen molar-refractivity contribution in [1.82, 2.24) is 15.3 Å². The molecular formula is C14H15N3O2. The van der Waals surface area contributed by atoms with Crippen LogP contribution in [0.25, 0.3) is 0 Å². The van der Waals surface area contributed by atoms with Crippen LogP contribution >= 0.6 is 0 Å². The normalized spacial score (nSPS) is 10.2. The van der Waals surface area contributed by atoms with E-state index < -0.39 is 0 Å². The van der Waals surface area contributed by atoms with Crippen molar-refractivity contribution in [3.63, 3.8) is 0 Å². The lowest BCUT2D eigenvalue weighted by Gasteiger charge is -2.07. The maximum absolute atomic E-state index is 11.9. The minimum atomic E-state index is -0.235. The molecule has 0 bridgehead atoms. The number of pyridine rings is 2. The summed E-state index contributed by atoms with van der Waals surface area (Å²) >= 11 is 0. The van der Waals surface area contributed by atoms with Gasteiger partial charge in [0, 0.05) is 18.9 Å². The van der Waals surface area contributed by atoms with Crippen molar-refractivity contribution in [2.75, 3.05) is 6.54 Å². The number of hydrogen-bond donors (Lipinski definition) is 2. The summed E-state index contributed by atoms with van der Waals surface area (Å²) in [6.07, 6.45) is 5.47. The highest BCUT2D eigenvalue weighted by molar-refractivity contribution is 5.93. The molecule has 2 aromatic rings. The number of carbonyl (C=O) groups is 1. The lowest BCUT2D eigenvalue weighted by atomic mass is 10.2. The molecule has 0 aliphatic rings. The van der Waals surface area contributed by atoms with E-state index in [9.17, 15) is 9.90 Å². The zero-order valence-corrected chi connectivity index (χ0v) is 10.6. The topological polar surface area (TPSA) is 75.1 Å². The molecule has 0 aliphatic carbocycles. The van der Waals surface area contributed by atoms with Gasteiger partial charge in [-0.1, -0.05) is 6.07 Å². The molecule has 0 atom stereocenters. The van der Waals surface area contributed by atoms with Crippen LogP contribution in [-0.2, 0) is 6.42 Å². The summed E-state index contributed by atoms with van der Waals surface area (Å²) in [6, 6.07) is 5.34. The molecule has 5 heteroatoms. The molecule has 0 saturated heterocycles. The van der Waals surface area contributed by atoms with E-state index in [1.165, 1.54) is 12.3 Å². The van der Waals surface area contributed by atoms with Crippen LogP contribution in [0.3, 0.4) is 0 Å². The van der Waals surface area contributed by atoms with E-state index in [-0.39, 0.29) is 11.7 Å². The molecule has 0 aliphatic heterocycles. The maximum atomic E-state index is 11.9. The van der Waals surface area contributed by atoms with Gasteiger partial charge in [0.1, 0.15) is 11.4 Å². The Morgan fingerprint density at radius 1 is 1.42 bits per heavy atom. The molecule has 19 heavy (non-hydrogen) atoms. The van der Waals surface area contributed by atoms with E-state index in [4.69, 9.17) is 0 Å². The first-order valence-corrected chi connectivity index (χ1v) is 5.99. The van der Waals surface area contributed by atoms with Gasteiger partial charge in [-0.25, -0.2) is 4.98 Å². The third-order valence-electron chi connectivity index (χ3n) is 2.70. The lowest BCUT2D eigenvalue weighted by Crippen LogP contribution is -2.27. The number of amides is 1. The smallest absolute Gasteiger partial charge is 0.270 e. The van der Waals surface area contributed by atoms with E-state index in [2.05, 4.69) is 15.3 Å². The number of aryl methyl sites for hydroxylation is 1. The van der Waals surface area contributed by atoms with Gasteiger partial charge in [-0.15, -0.1) is 0 Å². The summed E-state index contributed by atoms with van der Waals surface area (Å²) in [5, 5.41) is 12.0. The highest BCUT2D eigenvalue weighted by Gasteiger charge is 2.10. The minimum absolute atomic E-state index is 0.0596. The first-order chi connectivity index (χ1) is 9.16. The number of aromatic nitrogens is 2. The molecule has 98 valence electrons. The average molecular weight is 257 g/mol. The second kappa shape index (κ2) is 5.95. The summed E-state index contributed by atoms with van der Waals surface area (Å²) in [5.74, 6) is -0.175. The van der Waals surface area contributed by atoms with Gasteiger partial charge in [0.05, 0.1) is 6.20 Å². The van der Waals surface area contributed by atoms with E-state index in [1.807, 2.05) is 12.1 Å². The third kappa shape index (κ3) is 3.51. The molecular weight excluding hydrogens is 242 g/mol. The number of carbonyl (C=O) groups excluding carboxylic acids is 1. The summed E-state index contributed by atoms with van der Waals surface area (Å²) in [5.41, 5.74) is 2.06. The number of nitrogens with zero attached hydrogens (tertiary/aromatic N) is 2. The fourth-order valence-electron chi connectivity index (χ4n) is 1.75. The molecule has 0 fully saturated rings. The second-order valence-corrected chi connectivity index (χ2v) is 4.23. The van der Waals surface area contributed by atoms with Crippen molar-refractivity contribution in [2.45, 2.75) is 13.3 Å². The van der Waals surface area contributed by atoms with Crippen LogP contribution in [0.5, 0.6) is 5.75 Å². The van der Waals surface area contributed by atoms with Crippen molar-refractivity contribution < 1.29 is 9.90 Å². The van der Waals surface area contributed by atoms with Crippen LogP contribution in [0.2, 0.25) is 0 Å². The predicted octanol–water partition coefficient (Wildman–Crippen LogP) is 1.46. The van der Waals surface area contributed by atoms with Gasteiger partial charge in [0.15, 0.2) is 0 Å². The molecule has 2 rings (SSSR count). The predicted molar refractivity (Wildman–Crippen MR) is 70.9 cm³/mol. The van der Waals surface area contributed by atoms with E-state index >= 15 is 0 Å². The third-order valence-corrected chi connectivity index (χ3v) is 2.70. The van der Waals surface area contributed by atoms with Gasteiger partial charge >= 0.3 is 0 Å². The molecule has 2 aromatic heterocycles. The van der Waals surface area contributed by atoms with Crippen LogP contribution in [0, 0.1) is 6.92 Å². The fraction of sp³-hybridized carbons (Fsp3) is 0.214. The van der Waals surface area contributed by atoms with Crippen molar-refractivity contribution in [3.05, 3.63) is 53.6 Å². The second-order valence-electron chi connectivity index (χ2n) is 4.23. The number of hydrogen-bond acceptors (Lipinski definition) is 4. The van der Waals surface area contributed by atoms with E-state index in [0.717, 1.165) is 12.0 Å². The Balaban J connectivity index is 1.91. The summed E-state index contributed by atoms with van der Waals surface area (Å²) < 4.78 is 0. The average Bonchev–Trinajstić information content (AvgIpc) is 2.39. The summed E-state index contributed by atoms with van der Waals surface area (Å²) in [6.45, 7) is 2.26. The SMILES string of the molecule is Cc1cc(O)cnc1C(=O)NCCc1cccnc1. The van der Waals surface area contributed by atoms with Crippen molar-refractivity contribution in [3.8, 4) is 5.75 Å². The van der Waals surface area contributed by atoms with Crippen molar-refractivity contribution in [1.29, 1.82) is 0 Å². The van der Waals surface area contributed by atoms with E-state index in [1.54, 1.807) is 19.3 Å². The molecule has 0 unspecified atom stereocenters. The van der Waals surface area contributed by atoms with Gasteiger partial charge in [-0.2, -0.15) is 0 Å². The Kier molecular flexibility index (Phi) is 4.07. The number of rotatable bonds is 4. The van der Waals surface area contributed by atoms with Crippen LogP contribution < -0.4 is 5.32 Å². The fourth-order valence-corrected chi connectivity index (χ4v) is 1.75. The quantitative estimate of drug-likeness (QED) is 0.869. The van der Waals surface area contributed by atoms with Crippen LogP contribution in [0.4, 0.5) is 0 Å². The first-order valence-electron chi connectivity index (χ1n) is 5.99. The summed E-state index contributed by atoms with van der Waals surface area (Å²) in [7, 11) is 0. The van der Waals surface area contributed by atoms with Crippen molar-refractivity contribution >= 4 is 5.91 Å². The largest absolute Gasteiger partial charge is 0.506 e. The highest BCUT2D eigenvalue weighted by Crippen LogP contribution is 2.12. The van der Waals surface area contributed by atoms with Crippen LogP contribution in [0.1, 0.15) is 21.6 Å². The molecule has 0 radical (unpaired) electrons. The molecule has 2 N–H and O–H groups in total. The maximum Gasteiger partial charge on any atom is 0.270 e. The van der Waals surface area contributed by atoms with Gasteiger partial charge in [-0.3, -0.25) is 9.78 Å². The molecule has 2 heterocycles. The molecule has 0 spiro atoms. The van der Waals surface area contributed by atoms with Gasteiger partial charge in [-0.05, 0) is 36.6 Å². The monoisotopic (exact) mass is 257 g/mol. The number of aromatic hydroxyl groups is 1. The highest BCUT2D eigenvalue weighted by atomic mass is 16.3. The Hall–Kier alpha value is -2.43. The molecule has 0 aromatic carbocycles. The Morgan fingerprint density at radius 2 is 2.26 bits per heavy atom. The van der Waals surface area contributed by atoms with Crippen LogP contribution in [0.15, 0.2) is 36.8 Å². The molecule has 1 amide bonds. The Morgan fingerprint density at radius 3 is 2.95 bits per heavy atom. The van der Waals surface area contributed by atoms with E-state index in [0.29, 0.717) is 17.8 Å². The van der Waals surface area contributed by atoms with Crippen molar-refractivity contribution in [2.24, 2.45) is 0 Å². The lowest BCUT2D eigenvalue weighted by molar-refractivity contribution is 0.0948.